The molecule has 4 aliphatic heterocycles. The Hall–Kier alpha value is -6.49. The number of ether oxygens (including phenoxy) is 4. The van der Waals surface area contributed by atoms with Crippen molar-refractivity contribution in [2.75, 3.05) is 14.2 Å². The zero-order valence-electron chi connectivity index (χ0n) is 29.9. The van der Waals surface area contributed by atoms with Gasteiger partial charge in [-0.05, 0) is 59.4 Å². The number of amides is 2. The summed E-state index contributed by atoms with van der Waals surface area (Å²) in [5, 5.41) is 0. The molecule has 0 saturated carbocycles. The van der Waals surface area contributed by atoms with Gasteiger partial charge >= 0.3 is 0 Å². The Bertz CT molecular complexity index is 2210. The number of fused-ring (bicyclic) bond motifs is 6. The third kappa shape index (κ3) is 6.11. The summed E-state index contributed by atoms with van der Waals surface area (Å²) in [4.78, 5) is 45.5. The topological polar surface area (TPSA) is 115 Å². The predicted octanol–water partition coefficient (Wildman–Crippen LogP) is 6.82. The van der Waals surface area contributed by atoms with Crippen molar-refractivity contribution < 1.29 is 28.5 Å². The Balaban J connectivity index is 0.897. The predicted molar refractivity (Wildman–Crippen MR) is 203 cm³/mol. The Morgan fingerprint density at radius 2 is 1.02 bits per heavy atom. The fraction of sp³-hybridized carbons (Fsp3) is 0.233. The molecule has 11 heteroatoms. The van der Waals surface area contributed by atoms with E-state index in [9.17, 15) is 9.59 Å². The van der Waals surface area contributed by atoms with Crippen molar-refractivity contribution in [1.82, 2.24) is 14.8 Å². The number of rotatable bonds is 8. The summed E-state index contributed by atoms with van der Waals surface area (Å²) in [7, 11) is 3.11. The van der Waals surface area contributed by atoms with Gasteiger partial charge in [-0.15, -0.1) is 0 Å². The highest BCUT2D eigenvalue weighted by Crippen LogP contribution is 2.40. The van der Waals surface area contributed by atoms with Gasteiger partial charge in [-0.3, -0.25) is 24.6 Å². The van der Waals surface area contributed by atoms with E-state index in [1.807, 2.05) is 64.7 Å². The molecule has 11 nitrogen and oxygen atoms in total. The molecule has 5 aromatic rings. The molecule has 270 valence electrons. The van der Waals surface area contributed by atoms with E-state index in [0.717, 1.165) is 11.1 Å². The van der Waals surface area contributed by atoms with Crippen molar-refractivity contribution in [3.8, 4) is 23.0 Å². The van der Waals surface area contributed by atoms with Gasteiger partial charge in [-0.1, -0.05) is 54.6 Å². The SMILES string of the molecule is COc1cc2c(cc1OCc1cccc(COc3cc4c(cc3OC)C(=O)N3Cc5ccccc5C[C@H]3C=N4)n1)N=CC1Cc3ccccc3CN1C2=O. The van der Waals surface area contributed by atoms with Crippen molar-refractivity contribution in [2.24, 2.45) is 9.98 Å². The summed E-state index contributed by atoms with van der Waals surface area (Å²) in [5.74, 6) is 1.60. The number of pyridine rings is 1. The van der Waals surface area contributed by atoms with E-state index in [0.29, 0.717) is 82.8 Å². The summed E-state index contributed by atoms with van der Waals surface area (Å²) in [6.07, 6.45) is 5.14. The fourth-order valence-corrected chi connectivity index (χ4v) is 7.64. The van der Waals surface area contributed by atoms with E-state index in [2.05, 4.69) is 24.3 Å². The number of carbonyl (C=O) groups is 2. The van der Waals surface area contributed by atoms with Crippen LogP contribution < -0.4 is 18.9 Å². The van der Waals surface area contributed by atoms with Crippen LogP contribution in [0.15, 0.2) is 101 Å². The zero-order valence-corrected chi connectivity index (χ0v) is 29.9. The highest BCUT2D eigenvalue weighted by molar-refractivity contribution is 6.04. The van der Waals surface area contributed by atoms with Crippen molar-refractivity contribution in [3.63, 3.8) is 0 Å². The molecule has 0 fully saturated rings. The van der Waals surface area contributed by atoms with E-state index in [1.165, 1.54) is 11.1 Å². The number of methoxy groups -OCH3 is 2. The second-order valence-electron chi connectivity index (χ2n) is 13.7. The minimum absolute atomic E-state index is 0.0903. The third-order valence-electron chi connectivity index (χ3n) is 10.5. The lowest BCUT2D eigenvalue weighted by atomic mass is 9.94. The zero-order chi connectivity index (χ0) is 36.8. The highest BCUT2D eigenvalue weighted by atomic mass is 16.5. The summed E-state index contributed by atoms with van der Waals surface area (Å²) in [5.41, 5.74) is 8.12. The van der Waals surface area contributed by atoms with Crippen LogP contribution in [0.2, 0.25) is 0 Å². The number of nitrogens with zero attached hydrogens (tertiary/aromatic N) is 5. The van der Waals surface area contributed by atoms with Gasteiger partial charge in [0, 0.05) is 37.7 Å². The van der Waals surface area contributed by atoms with Gasteiger partial charge in [0.2, 0.25) is 0 Å². The van der Waals surface area contributed by atoms with E-state index in [1.54, 1.807) is 38.5 Å². The molecule has 0 saturated heterocycles. The van der Waals surface area contributed by atoms with Gasteiger partial charge in [-0.2, -0.15) is 0 Å². The molecule has 0 radical (unpaired) electrons. The number of benzene rings is 4. The Labute approximate surface area is 312 Å². The van der Waals surface area contributed by atoms with E-state index in [-0.39, 0.29) is 37.1 Å². The first-order chi connectivity index (χ1) is 26.4. The molecular weight excluding hydrogens is 683 g/mol. The van der Waals surface area contributed by atoms with Gasteiger partial charge in [0.1, 0.15) is 13.2 Å². The molecular formula is C43H37N5O6. The van der Waals surface area contributed by atoms with Crippen LogP contribution >= 0.6 is 0 Å². The lowest BCUT2D eigenvalue weighted by Gasteiger charge is -2.34. The van der Waals surface area contributed by atoms with Crippen LogP contribution in [0.25, 0.3) is 0 Å². The van der Waals surface area contributed by atoms with Crippen molar-refractivity contribution in [2.45, 2.75) is 51.2 Å². The molecule has 0 spiro atoms. The molecule has 2 atom stereocenters. The first-order valence-corrected chi connectivity index (χ1v) is 17.9. The third-order valence-corrected chi connectivity index (χ3v) is 10.5. The minimum atomic E-state index is -0.133. The normalized spacial score (nSPS) is 17.9. The van der Waals surface area contributed by atoms with Gasteiger partial charge in [0.05, 0.1) is 60.2 Å². The number of aromatic nitrogens is 1. The van der Waals surface area contributed by atoms with Crippen LogP contribution in [0, 0.1) is 0 Å². The maximum absolute atomic E-state index is 13.8. The van der Waals surface area contributed by atoms with E-state index in [4.69, 9.17) is 33.9 Å². The van der Waals surface area contributed by atoms with E-state index < -0.39 is 0 Å². The average molecular weight is 720 g/mol. The Kier molecular flexibility index (Phi) is 8.53. The first kappa shape index (κ1) is 33.4. The lowest BCUT2D eigenvalue weighted by molar-refractivity contribution is 0.0696. The maximum atomic E-state index is 13.8. The summed E-state index contributed by atoms with van der Waals surface area (Å²) < 4.78 is 23.8. The van der Waals surface area contributed by atoms with Crippen molar-refractivity contribution in [1.29, 1.82) is 0 Å². The van der Waals surface area contributed by atoms with Crippen molar-refractivity contribution in [3.05, 3.63) is 136 Å². The number of aliphatic imine (C=N–C) groups is 2. The second-order valence-corrected chi connectivity index (χ2v) is 13.7. The fourth-order valence-electron chi connectivity index (χ4n) is 7.64. The summed E-state index contributed by atoms with van der Waals surface area (Å²) >= 11 is 0. The molecule has 9 rings (SSSR count). The van der Waals surface area contributed by atoms with Gasteiger partial charge in [0.25, 0.3) is 11.8 Å². The van der Waals surface area contributed by atoms with Crippen LogP contribution in [0.3, 0.4) is 0 Å². The van der Waals surface area contributed by atoms with Crippen LogP contribution in [0.5, 0.6) is 23.0 Å². The van der Waals surface area contributed by atoms with Crippen LogP contribution in [-0.4, -0.2) is 65.3 Å². The molecule has 4 aromatic carbocycles. The summed E-state index contributed by atoms with van der Waals surface area (Å²) in [6.45, 7) is 1.34. The molecule has 0 aliphatic carbocycles. The quantitative estimate of drug-likeness (QED) is 0.173. The summed E-state index contributed by atoms with van der Waals surface area (Å²) in [6, 6.07) is 28.7. The van der Waals surface area contributed by atoms with Crippen molar-refractivity contribution >= 4 is 35.6 Å². The largest absolute Gasteiger partial charge is 0.493 e. The van der Waals surface area contributed by atoms with Gasteiger partial charge in [0.15, 0.2) is 23.0 Å². The standard InChI is InChI=1S/C43H37N5O6/c1-51-38-16-34-36(44-20-32-14-26-8-3-5-10-28(26)22-47(32)42(34)49)18-40(38)53-24-30-12-7-13-31(46-30)25-54-41-19-37-35(17-39(41)52-2)43(50)48-23-29-11-6-4-9-27(29)15-33(48)21-45-37/h3-13,16-21,32-33H,14-15,22-25H2,1-2H3/t32-,33?/m0/s1. The maximum Gasteiger partial charge on any atom is 0.257 e. The Morgan fingerprint density at radius 3 is 1.46 bits per heavy atom. The average Bonchev–Trinajstić information content (AvgIpc) is 3.42. The molecule has 4 aliphatic rings. The molecule has 2 amide bonds. The van der Waals surface area contributed by atoms with Crippen LogP contribution in [0.1, 0.15) is 54.4 Å². The highest BCUT2D eigenvalue weighted by Gasteiger charge is 2.35. The monoisotopic (exact) mass is 719 g/mol. The first-order valence-electron chi connectivity index (χ1n) is 17.9. The van der Waals surface area contributed by atoms with Crippen LogP contribution in [-0.2, 0) is 39.1 Å². The molecule has 0 N–H and O–H groups in total. The number of carbonyl (C=O) groups excluding carboxylic acids is 2. The molecule has 5 heterocycles. The number of hydrogen-bond donors (Lipinski definition) is 0. The van der Waals surface area contributed by atoms with E-state index >= 15 is 0 Å². The molecule has 1 unspecified atom stereocenters. The molecule has 1 aromatic heterocycles. The smallest absolute Gasteiger partial charge is 0.257 e. The second kappa shape index (κ2) is 13.8. The van der Waals surface area contributed by atoms with Crippen LogP contribution in [0.4, 0.5) is 11.4 Å². The molecule has 54 heavy (non-hydrogen) atoms. The molecule has 0 bridgehead atoms. The Morgan fingerprint density at radius 1 is 0.574 bits per heavy atom. The number of hydrogen-bond acceptors (Lipinski definition) is 9. The minimum Gasteiger partial charge on any atom is -0.493 e. The van der Waals surface area contributed by atoms with Gasteiger partial charge < -0.3 is 28.7 Å². The lowest BCUT2D eigenvalue weighted by Crippen LogP contribution is -2.44. The van der Waals surface area contributed by atoms with Gasteiger partial charge in [-0.25, -0.2) is 0 Å².